The average molecular weight is 420 g/mol. The summed E-state index contributed by atoms with van der Waals surface area (Å²) in [5.74, 6) is 0.739. The molecule has 0 spiro atoms. The highest BCUT2D eigenvalue weighted by atomic mass is 16.6. The number of oxime groups is 1. The number of β-lactam (4-membered cyclic amide) rings is 1. The van der Waals surface area contributed by atoms with E-state index in [0.717, 1.165) is 36.6 Å². The van der Waals surface area contributed by atoms with Crippen molar-refractivity contribution in [2.75, 3.05) is 38.3 Å². The molecule has 0 aliphatic carbocycles. The summed E-state index contributed by atoms with van der Waals surface area (Å²) in [6.45, 7) is 5.61. The third-order valence-electron chi connectivity index (χ3n) is 5.75. The third-order valence-corrected chi connectivity index (χ3v) is 5.75. The van der Waals surface area contributed by atoms with Crippen LogP contribution in [-0.2, 0) is 9.63 Å². The number of hydrogen-bond donors (Lipinski definition) is 0. The molecule has 1 atom stereocenters. The molecule has 1 amide bonds. The molecular weight excluding hydrogens is 390 g/mol. The highest BCUT2D eigenvalue weighted by Crippen LogP contribution is 2.43. The Labute approximate surface area is 183 Å². The van der Waals surface area contributed by atoms with Crippen LogP contribution < -0.4 is 9.64 Å². The zero-order valence-corrected chi connectivity index (χ0v) is 18.2. The van der Waals surface area contributed by atoms with E-state index in [4.69, 9.17) is 9.57 Å². The fourth-order valence-corrected chi connectivity index (χ4v) is 4.14. The second kappa shape index (κ2) is 9.79. The molecule has 4 rings (SSSR count). The summed E-state index contributed by atoms with van der Waals surface area (Å²) >= 11 is 0. The topological polar surface area (TPSA) is 54.4 Å². The normalized spacial score (nSPS) is 20.8. The van der Waals surface area contributed by atoms with Gasteiger partial charge in [0.05, 0.1) is 18.9 Å². The van der Waals surface area contributed by atoms with Crippen molar-refractivity contribution in [2.24, 2.45) is 5.16 Å². The summed E-state index contributed by atoms with van der Waals surface area (Å²) in [5.41, 5.74) is 3.31. The van der Waals surface area contributed by atoms with Crippen LogP contribution in [0.2, 0.25) is 0 Å². The van der Waals surface area contributed by atoms with Gasteiger partial charge in [-0.2, -0.15) is 0 Å². The number of allylic oxidation sites excluding steroid dienone is 1. The molecule has 2 saturated heterocycles. The molecule has 162 valence electrons. The maximum Gasteiger partial charge on any atom is 0.257 e. The smallest absolute Gasteiger partial charge is 0.257 e. The van der Waals surface area contributed by atoms with Crippen LogP contribution in [0.25, 0.3) is 0 Å². The van der Waals surface area contributed by atoms with Crippen molar-refractivity contribution >= 4 is 17.3 Å². The monoisotopic (exact) mass is 419 g/mol. The Morgan fingerprint density at radius 3 is 2.48 bits per heavy atom. The molecule has 2 aromatic rings. The summed E-state index contributed by atoms with van der Waals surface area (Å²) in [6, 6.07) is 17.4. The molecule has 0 aromatic heterocycles. The van der Waals surface area contributed by atoms with Gasteiger partial charge in [0.15, 0.2) is 0 Å². The van der Waals surface area contributed by atoms with Crippen LogP contribution in [0.4, 0.5) is 5.69 Å². The number of likely N-dealkylation sites (tertiary alicyclic amines) is 1. The minimum absolute atomic E-state index is 0.0226. The lowest BCUT2D eigenvalue weighted by Crippen LogP contribution is -2.49. The highest BCUT2D eigenvalue weighted by molar-refractivity contribution is 6.18. The van der Waals surface area contributed by atoms with E-state index in [1.807, 2.05) is 72.5 Å². The molecule has 0 bridgehead atoms. The quantitative estimate of drug-likeness (QED) is 0.212. The van der Waals surface area contributed by atoms with Crippen molar-refractivity contribution in [3.05, 3.63) is 71.8 Å². The van der Waals surface area contributed by atoms with E-state index in [2.05, 4.69) is 10.1 Å². The molecule has 2 aliphatic heterocycles. The fourth-order valence-electron chi connectivity index (χ4n) is 4.14. The van der Waals surface area contributed by atoms with E-state index in [1.54, 1.807) is 7.11 Å². The number of rotatable bonds is 8. The first-order valence-corrected chi connectivity index (χ1v) is 10.8. The lowest BCUT2D eigenvalue weighted by atomic mass is 9.86. The lowest BCUT2D eigenvalue weighted by Gasteiger charge is -2.43. The average Bonchev–Trinajstić information content (AvgIpc) is 3.33. The van der Waals surface area contributed by atoms with Gasteiger partial charge in [-0.3, -0.25) is 14.6 Å². The van der Waals surface area contributed by atoms with Crippen molar-refractivity contribution in [3.63, 3.8) is 0 Å². The summed E-state index contributed by atoms with van der Waals surface area (Å²) in [7, 11) is 1.63. The van der Waals surface area contributed by atoms with Gasteiger partial charge in [-0.25, -0.2) is 0 Å². The van der Waals surface area contributed by atoms with Crippen LogP contribution in [0.15, 0.2) is 71.4 Å². The molecule has 31 heavy (non-hydrogen) atoms. The van der Waals surface area contributed by atoms with E-state index in [9.17, 15) is 4.79 Å². The van der Waals surface area contributed by atoms with E-state index < -0.39 is 0 Å². The standard InChI is InChI=1S/C25H29N3O3/c1-19(26-31-17-16-27-14-6-7-15-27)18-23-24(20-8-4-3-5-9-20)28(25(23)29)21-10-12-22(30-2)13-11-21/h3-5,8-13,18,24H,6-7,14-17H2,1-2H3/b23-18+,26-19+. The van der Waals surface area contributed by atoms with Gasteiger partial charge in [0.1, 0.15) is 12.4 Å². The van der Waals surface area contributed by atoms with E-state index in [1.165, 1.54) is 12.8 Å². The van der Waals surface area contributed by atoms with E-state index >= 15 is 0 Å². The van der Waals surface area contributed by atoms with Gasteiger partial charge in [-0.1, -0.05) is 35.5 Å². The first-order valence-electron chi connectivity index (χ1n) is 10.8. The number of nitrogens with zero attached hydrogens (tertiary/aromatic N) is 3. The minimum atomic E-state index is -0.156. The molecule has 1 unspecified atom stereocenters. The number of anilines is 1. The van der Waals surface area contributed by atoms with Gasteiger partial charge in [0.2, 0.25) is 0 Å². The van der Waals surface area contributed by atoms with Crippen LogP contribution >= 0.6 is 0 Å². The molecule has 6 heteroatoms. The predicted molar refractivity (Wildman–Crippen MR) is 122 cm³/mol. The summed E-state index contributed by atoms with van der Waals surface area (Å²) in [6.07, 6.45) is 4.38. The second-order valence-electron chi connectivity index (χ2n) is 7.90. The molecule has 2 aromatic carbocycles. The number of methoxy groups -OCH3 is 1. The molecule has 6 nitrogen and oxygen atoms in total. The predicted octanol–water partition coefficient (Wildman–Crippen LogP) is 4.20. The number of benzene rings is 2. The van der Waals surface area contributed by atoms with Crippen molar-refractivity contribution in [1.29, 1.82) is 0 Å². The zero-order chi connectivity index (χ0) is 21.6. The Kier molecular flexibility index (Phi) is 6.67. The number of hydrogen-bond acceptors (Lipinski definition) is 5. The lowest BCUT2D eigenvalue weighted by molar-refractivity contribution is -0.119. The third kappa shape index (κ3) is 4.80. The Hall–Kier alpha value is -3.12. The van der Waals surface area contributed by atoms with Crippen LogP contribution in [-0.4, -0.2) is 49.9 Å². The first kappa shape index (κ1) is 21.1. The van der Waals surface area contributed by atoms with Gasteiger partial charge in [-0.15, -0.1) is 0 Å². The Morgan fingerprint density at radius 1 is 1.10 bits per heavy atom. The molecule has 2 fully saturated rings. The van der Waals surface area contributed by atoms with Gasteiger partial charge >= 0.3 is 0 Å². The van der Waals surface area contributed by atoms with E-state index in [-0.39, 0.29) is 11.9 Å². The second-order valence-corrected chi connectivity index (χ2v) is 7.90. The Morgan fingerprint density at radius 2 is 1.81 bits per heavy atom. The molecular formula is C25H29N3O3. The summed E-state index contributed by atoms with van der Waals surface area (Å²) in [4.78, 5) is 22.8. The van der Waals surface area contributed by atoms with Crippen molar-refractivity contribution in [2.45, 2.75) is 25.8 Å². The fraction of sp³-hybridized carbons (Fsp3) is 0.360. The Balaban J connectivity index is 1.50. The van der Waals surface area contributed by atoms with Crippen molar-refractivity contribution < 1.29 is 14.4 Å². The van der Waals surface area contributed by atoms with E-state index in [0.29, 0.717) is 17.9 Å². The van der Waals surface area contributed by atoms with Gasteiger partial charge in [-0.05, 0) is 68.8 Å². The first-order chi connectivity index (χ1) is 15.2. The molecule has 2 aliphatic rings. The largest absolute Gasteiger partial charge is 0.497 e. The maximum atomic E-state index is 13.1. The van der Waals surface area contributed by atoms with Crippen LogP contribution in [0.1, 0.15) is 31.4 Å². The number of carbonyl (C=O) groups excluding carboxylic acids is 1. The van der Waals surface area contributed by atoms with Gasteiger partial charge in [0.25, 0.3) is 5.91 Å². The van der Waals surface area contributed by atoms with Crippen molar-refractivity contribution in [1.82, 2.24) is 4.90 Å². The minimum Gasteiger partial charge on any atom is -0.497 e. The van der Waals surface area contributed by atoms with Crippen LogP contribution in [0, 0.1) is 0 Å². The molecule has 2 heterocycles. The van der Waals surface area contributed by atoms with Crippen LogP contribution in [0.3, 0.4) is 0 Å². The van der Waals surface area contributed by atoms with Gasteiger partial charge < -0.3 is 9.57 Å². The highest BCUT2D eigenvalue weighted by Gasteiger charge is 2.43. The molecule has 0 saturated carbocycles. The molecule has 0 N–H and O–H groups in total. The Bertz CT molecular complexity index is 948. The SMILES string of the molecule is COc1ccc(N2C(=O)/C(=C/C(C)=N/OCCN3CCCC3)C2c2ccccc2)cc1. The molecule has 0 radical (unpaired) electrons. The van der Waals surface area contributed by atoms with Crippen molar-refractivity contribution in [3.8, 4) is 5.75 Å². The van der Waals surface area contributed by atoms with Crippen LogP contribution in [0.5, 0.6) is 5.75 Å². The van der Waals surface area contributed by atoms with Gasteiger partial charge in [0, 0.05) is 17.8 Å². The number of amides is 1. The maximum absolute atomic E-state index is 13.1. The summed E-state index contributed by atoms with van der Waals surface area (Å²) in [5, 5.41) is 4.22. The number of carbonyl (C=O) groups is 1. The summed E-state index contributed by atoms with van der Waals surface area (Å²) < 4.78 is 5.24. The zero-order valence-electron chi connectivity index (χ0n) is 18.2. The number of ether oxygens (including phenoxy) is 1.